The first-order valence-electron chi connectivity index (χ1n) is 25.5. The number of allylic oxidation sites excluding steroid dienone is 12. The van der Waals surface area contributed by atoms with Gasteiger partial charge in [0.1, 0.15) is 13.2 Å². The summed E-state index contributed by atoms with van der Waals surface area (Å²) in [6.45, 7) is 6.34. The molecular weight excluding hydrogens is 757 g/mol. The molecular formula is C55H94O6. The van der Waals surface area contributed by atoms with E-state index in [2.05, 4.69) is 93.7 Å². The highest BCUT2D eigenvalue weighted by Gasteiger charge is 2.19. The molecule has 0 bridgehead atoms. The van der Waals surface area contributed by atoms with E-state index in [1.54, 1.807) is 0 Å². The molecule has 0 heterocycles. The second-order valence-electron chi connectivity index (χ2n) is 16.8. The molecule has 0 aliphatic rings. The van der Waals surface area contributed by atoms with E-state index in [4.69, 9.17) is 14.2 Å². The molecule has 0 saturated carbocycles. The van der Waals surface area contributed by atoms with Gasteiger partial charge in [-0.1, -0.05) is 235 Å². The number of unbranched alkanes of at least 4 members (excludes halogenated alkanes) is 26. The molecule has 0 amide bonds. The van der Waals surface area contributed by atoms with Crippen molar-refractivity contribution in [2.75, 3.05) is 13.2 Å². The number of carbonyl (C=O) groups excluding carboxylic acids is 3. The largest absolute Gasteiger partial charge is 0.462 e. The molecule has 0 fully saturated rings. The Bertz CT molecular complexity index is 1160. The lowest BCUT2D eigenvalue weighted by atomic mass is 10.0. The van der Waals surface area contributed by atoms with E-state index >= 15 is 0 Å². The smallest absolute Gasteiger partial charge is 0.306 e. The number of hydrogen-bond donors (Lipinski definition) is 0. The lowest BCUT2D eigenvalue weighted by Crippen LogP contribution is -2.30. The van der Waals surface area contributed by atoms with Crippen LogP contribution in [0.25, 0.3) is 0 Å². The molecule has 0 spiro atoms. The van der Waals surface area contributed by atoms with Gasteiger partial charge in [0, 0.05) is 19.3 Å². The minimum atomic E-state index is -0.792. The first-order chi connectivity index (χ1) is 30.0. The van der Waals surface area contributed by atoms with Crippen LogP contribution in [0, 0.1) is 0 Å². The zero-order valence-electron chi connectivity index (χ0n) is 39.9. The SMILES string of the molecule is CC/C=C/C=C/C=C/CCCCCCCC(=O)OCC(COC(=O)CCCCCCCCCCCCCCCCCCC)OC(=O)CCCCCCC/C=C/C=C/C=C/CC. The molecule has 0 N–H and O–H groups in total. The van der Waals surface area contributed by atoms with Crippen LogP contribution in [0.3, 0.4) is 0 Å². The van der Waals surface area contributed by atoms with Gasteiger partial charge in [0.2, 0.25) is 0 Å². The van der Waals surface area contributed by atoms with Gasteiger partial charge in [-0.25, -0.2) is 0 Å². The second-order valence-corrected chi connectivity index (χ2v) is 16.8. The van der Waals surface area contributed by atoms with Gasteiger partial charge in [-0.15, -0.1) is 0 Å². The monoisotopic (exact) mass is 851 g/mol. The van der Waals surface area contributed by atoms with E-state index in [0.29, 0.717) is 19.3 Å². The summed E-state index contributed by atoms with van der Waals surface area (Å²) in [6, 6.07) is 0. The van der Waals surface area contributed by atoms with Gasteiger partial charge in [-0.3, -0.25) is 14.4 Å². The Morgan fingerprint density at radius 1 is 0.344 bits per heavy atom. The first-order valence-corrected chi connectivity index (χ1v) is 25.5. The van der Waals surface area contributed by atoms with E-state index in [-0.39, 0.29) is 31.1 Å². The van der Waals surface area contributed by atoms with Gasteiger partial charge < -0.3 is 14.2 Å². The Hall–Kier alpha value is -3.15. The minimum absolute atomic E-state index is 0.0892. The summed E-state index contributed by atoms with van der Waals surface area (Å²) >= 11 is 0. The van der Waals surface area contributed by atoms with E-state index in [9.17, 15) is 14.4 Å². The van der Waals surface area contributed by atoms with Crippen LogP contribution in [-0.2, 0) is 28.6 Å². The van der Waals surface area contributed by atoms with Crippen LogP contribution >= 0.6 is 0 Å². The molecule has 0 aliphatic carbocycles. The van der Waals surface area contributed by atoms with Crippen molar-refractivity contribution in [1.82, 2.24) is 0 Å². The van der Waals surface area contributed by atoms with Crippen molar-refractivity contribution in [1.29, 1.82) is 0 Å². The van der Waals surface area contributed by atoms with Crippen LogP contribution in [0.1, 0.15) is 239 Å². The molecule has 0 aromatic rings. The van der Waals surface area contributed by atoms with Crippen LogP contribution < -0.4 is 0 Å². The van der Waals surface area contributed by atoms with Gasteiger partial charge in [0.15, 0.2) is 6.10 Å². The zero-order valence-corrected chi connectivity index (χ0v) is 39.9. The number of rotatable bonds is 45. The second kappa shape index (κ2) is 49.5. The van der Waals surface area contributed by atoms with Crippen LogP contribution in [0.15, 0.2) is 72.9 Å². The first kappa shape index (κ1) is 57.9. The highest BCUT2D eigenvalue weighted by molar-refractivity contribution is 5.71. The highest BCUT2D eigenvalue weighted by Crippen LogP contribution is 2.15. The molecule has 0 saturated heterocycles. The third-order valence-electron chi connectivity index (χ3n) is 10.8. The summed E-state index contributed by atoms with van der Waals surface area (Å²) in [4.78, 5) is 37.9. The highest BCUT2D eigenvalue weighted by atomic mass is 16.6. The maximum atomic E-state index is 12.8. The Labute approximate surface area is 376 Å². The zero-order chi connectivity index (χ0) is 44.4. The third kappa shape index (κ3) is 47.7. The molecule has 61 heavy (non-hydrogen) atoms. The summed E-state index contributed by atoms with van der Waals surface area (Å²) in [6.07, 6.45) is 61.7. The van der Waals surface area contributed by atoms with E-state index in [0.717, 1.165) is 109 Å². The number of hydrogen-bond acceptors (Lipinski definition) is 6. The normalized spacial score (nSPS) is 12.6. The van der Waals surface area contributed by atoms with Crippen molar-refractivity contribution < 1.29 is 28.6 Å². The third-order valence-corrected chi connectivity index (χ3v) is 10.8. The molecule has 1 unspecified atom stereocenters. The van der Waals surface area contributed by atoms with Gasteiger partial charge in [0.05, 0.1) is 0 Å². The van der Waals surface area contributed by atoms with Crippen molar-refractivity contribution in [3.05, 3.63) is 72.9 Å². The molecule has 0 radical (unpaired) electrons. The van der Waals surface area contributed by atoms with Gasteiger partial charge in [-0.05, 0) is 57.8 Å². The predicted molar refractivity (Wildman–Crippen MR) is 261 cm³/mol. The molecule has 6 nitrogen and oxygen atoms in total. The Morgan fingerprint density at radius 2 is 0.639 bits per heavy atom. The Balaban J connectivity index is 4.39. The van der Waals surface area contributed by atoms with Crippen molar-refractivity contribution >= 4 is 17.9 Å². The molecule has 350 valence electrons. The number of esters is 3. The quantitative estimate of drug-likeness (QED) is 0.0263. The standard InChI is InChI=1S/C55H94O6/c1-4-7-10-13-16-19-22-25-26-27-28-31-33-36-39-42-45-48-54(57)60-51-52(61-55(58)49-46-43-40-37-34-30-24-21-18-15-12-9-6-3)50-59-53(56)47-44-41-38-35-32-29-23-20-17-14-11-8-5-2/h8-9,11-12,14-15,17-18,20-21,23-24,52H,4-7,10,13,16,19,22,25-51H2,1-3H3/b11-8+,12-9+,17-14+,18-15+,23-20+,24-21+. The number of ether oxygens (including phenoxy) is 3. The van der Waals surface area contributed by atoms with E-state index in [1.165, 1.54) is 89.9 Å². The summed E-state index contributed by atoms with van der Waals surface area (Å²) < 4.78 is 16.8. The molecule has 0 aromatic heterocycles. The topological polar surface area (TPSA) is 78.9 Å². The van der Waals surface area contributed by atoms with E-state index in [1.807, 2.05) is 0 Å². The fourth-order valence-electron chi connectivity index (χ4n) is 7.03. The van der Waals surface area contributed by atoms with Crippen molar-refractivity contribution in [3.63, 3.8) is 0 Å². The average Bonchev–Trinajstić information content (AvgIpc) is 3.26. The van der Waals surface area contributed by atoms with Gasteiger partial charge >= 0.3 is 17.9 Å². The summed E-state index contributed by atoms with van der Waals surface area (Å²) in [7, 11) is 0. The molecule has 0 rings (SSSR count). The van der Waals surface area contributed by atoms with Crippen LogP contribution in [0.2, 0.25) is 0 Å². The average molecular weight is 851 g/mol. The van der Waals surface area contributed by atoms with Crippen LogP contribution in [0.5, 0.6) is 0 Å². The van der Waals surface area contributed by atoms with Crippen LogP contribution in [0.4, 0.5) is 0 Å². The van der Waals surface area contributed by atoms with Crippen LogP contribution in [-0.4, -0.2) is 37.2 Å². The van der Waals surface area contributed by atoms with E-state index < -0.39 is 6.10 Å². The molecule has 1 atom stereocenters. The maximum absolute atomic E-state index is 12.8. The van der Waals surface area contributed by atoms with Crippen molar-refractivity contribution in [3.8, 4) is 0 Å². The molecule has 0 aliphatic heterocycles. The Kier molecular flexibility index (Phi) is 46.9. The molecule has 0 aromatic carbocycles. The summed E-state index contributed by atoms with van der Waals surface area (Å²) in [5.74, 6) is -0.929. The minimum Gasteiger partial charge on any atom is -0.462 e. The lowest BCUT2D eigenvalue weighted by molar-refractivity contribution is -0.167. The Morgan fingerprint density at radius 3 is 0.984 bits per heavy atom. The number of carbonyl (C=O) groups is 3. The summed E-state index contributed by atoms with van der Waals surface area (Å²) in [5, 5.41) is 0. The molecule has 6 heteroatoms. The fraction of sp³-hybridized carbons (Fsp3) is 0.727. The maximum Gasteiger partial charge on any atom is 0.306 e. The van der Waals surface area contributed by atoms with Crippen molar-refractivity contribution in [2.24, 2.45) is 0 Å². The predicted octanol–water partition coefficient (Wildman–Crippen LogP) is 16.6. The van der Waals surface area contributed by atoms with Gasteiger partial charge in [0.25, 0.3) is 0 Å². The summed E-state index contributed by atoms with van der Waals surface area (Å²) in [5.41, 5.74) is 0. The lowest BCUT2D eigenvalue weighted by Gasteiger charge is -2.18. The van der Waals surface area contributed by atoms with Gasteiger partial charge in [-0.2, -0.15) is 0 Å². The fourth-order valence-corrected chi connectivity index (χ4v) is 7.03. The van der Waals surface area contributed by atoms with Crippen molar-refractivity contribution in [2.45, 2.75) is 245 Å².